The third-order valence-corrected chi connectivity index (χ3v) is 15.0. The molecule has 5 nitrogen and oxygen atoms in total. The minimum absolute atomic E-state index is 0.221. The number of para-hydroxylation sites is 4. The summed E-state index contributed by atoms with van der Waals surface area (Å²) >= 11 is 1.47. The molecule has 0 spiro atoms. The number of fused-ring (bicyclic) bond motifs is 8. The van der Waals surface area contributed by atoms with Gasteiger partial charge in [-0.3, -0.25) is 0 Å². The van der Waals surface area contributed by atoms with Gasteiger partial charge in [0.1, 0.15) is 0 Å². The van der Waals surface area contributed by atoms with Gasteiger partial charge in [0.15, 0.2) is 5.69 Å². The molecule has 6 heteroatoms. The fourth-order valence-corrected chi connectivity index (χ4v) is 11.6. The van der Waals surface area contributed by atoms with Crippen molar-refractivity contribution in [3.63, 3.8) is 0 Å². The van der Waals surface area contributed by atoms with Crippen LogP contribution < -0.4 is 14.7 Å². The van der Waals surface area contributed by atoms with Crippen LogP contribution in [0.15, 0.2) is 273 Å². The van der Waals surface area contributed by atoms with Gasteiger partial charge in [-0.15, -0.1) is 11.3 Å². The van der Waals surface area contributed by atoms with Crippen molar-refractivity contribution in [2.75, 3.05) is 14.7 Å². The van der Waals surface area contributed by atoms with E-state index in [1.165, 1.54) is 16.2 Å². The molecule has 14 rings (SSSR count). The fraction of sp³-hybridized carbons (Fsp3) is 0. The summed E-state index contributed by atoms with van der Waals surface area (Å²) in [5, 5.41) is 7.97. The van der Waals surface area contributed by atoms with E-state index in [0.29, 0.717) is 5.69 Å². The zero-order chi connectivity index (χ0) is 58.5. The molecule has 0 radical (unpaired) electrons. The second-order valence-electron chi connectivity index (χ2n) is 18.2. The van der Waals surface area contributed by atoms with Crippen LogP contribution in [0.3, 0.4) is 0 Å². The number of benzene rings is 12. The first-order valence-electron chi connectivity index (χ1n) is 29.4. The Hall–Kier alpha value is -9.93. The molecule has 2 aromatic heterocycles. The van der Waals surface area contributed by atoms with Crippen LogP contribution in [-0.2, 0) is 0 Å². The number of nitrogens with zero attached hydrogens (tertiary/aromatic N) is 5. The Labute approximate surface area is 452 Å². The molecule has 0 unspecified atom stereocenters. The van der Waals surface area contributed by atoms with Crippen LogP contribution in [0.4, 0.5) is 56.9 Å². The van der Waals surface area contributed by atoms with Crippen molar-refractivity contribution in [2.45, 2.75) is 0 Å². The molecular weight excluding hydrogens is 931 g/mol. The van der Waals surface area contributed by atoms with Crippen molar-refractivity contribution < 1.29 is 13.7 Å². The van der Waals surface area contributed by atoms with Gasteiger partial charge < -0.3 is 19.3 Å². The van der Waals surface area contributed by atoms with Crippen LogP contribution in [0.25, 0.3) is 74.1 Å². The molecule has 352 valence electrons. The Morgan fingerprint density at radius 3 is 1.53 bits per heavy atom. The lowest BCUT2D eigenvalue weighted by Crippen LogP contribution is -2.17. The maximum atomic E-state index is 9.09. The molecule has 0 aliphatic carbocycles. The quantitative estimate of drug-likeness (QED) is 0.127. The lowest BCUT2D eigenvalue weighted by Gasteiger charge is -2.34. The lowest BCUT2D eigenvalue weighted by molar-refractivity contribution is 1.18. The molecule has 12 aromatic carbocycles. The van der Waals surface area contributed by atoms with Gasteiger partial charge >= 0.3 is 0 Å². The first-order chi connectivity index (χ1) is 41.3. The van der Waals surface area contributed by atoms with Crippen molar-refractivity contribution >= 4 is 132 Å². The molecule has 0 amide bonds. The third-order valence-electron chi connectivity index (χ3n) is 13.8. The molecule has 0 bridgehead atoms. The van der Waals surface area contributed by atoms with Crippen molar-refractivity contribution in [1.82, 2.24) is 4.57 Å². The van der Waals surface area contributed by atoms with Crippen molar-refractivity contribution in [1.29, 1.82) is 0 Å². The van der Waals surface area contributed by atoms with Gasteiger partial charge in [-0.1, -0.05) is 152 Å². The molecular formula is C69H45N5S. The van der Waals surface area contributed by atoms with Gasteiger partial charge in [-0.25, -0.2) is 4.85 Å². The topological polar surface area (TPSA) is 19.0 Å². The highest BCUT2D eigenvalue weighted by Crippen LogP contribution is 2.50. The van der Waals surface area contributed by atoms with E-state index in [-0.39, 0.29) is 17.1 Å². The van der Waals surface area contributed by atoms with E-state index in [1.807, 2.05) is 72.8 Å². The maximum Gasteiger partial charge on any atom is 0.189 e. The summed E-state index contributed by atoms with van der Waals surface area (Å²) in [4.78, 5) is 9.64. The molecule has 75 heavy (non-hydrogen) atoms. The normalized spacial score (nSPS) is 13.3. The molecule has 0 saturated heterocycles. The van der Waals surface area contributed by atoms with Gasteiger partial charge in [-0.05, 0) is 143 Å². The van der Waals surface area contributed by atoms with E-state index in [1.54, 1.807) is 12.1 Å². The largest absolute Gasteiger partial charge is 0.310 e. The predicted octanol–water partition coefficient (Wildman–Crippen LogP) is 20.4. The molecule has 0 fully saturated rings. The second kappa shape index (κ2) is 18.3. The smallest absolute Gasteiger partial charge is 0.189 e. The molecule has 0 N–H and O–H groups in total. The van der Waals surface area contributed by atoms with E-state index in [2.05, 4.69) is 147 Å². The molecule has 14 aromatic rings. The molecule has 2 heterocycles. The second-order valence-corrected chi connectivity index (χ2v) is 19.2. The predicted molar refractivity (Wildman–Crippen MR) is 319 cm³/mol. The lowest BCUT2D eigenvalue weighted by atomic mass is 10.0. The maximum absolute atomic E-state index is 9.09. The monoisotopic (exact) mass is 985 g/mol. The Balaban J connectivity index is 1.04. The first kappa shape index (κ1) is 34.4. The van der Waals surface area contributed by atoms with Crippen LogP contribution in [0.5, 0.6) is 0 Å². The fourth-order valence-electron chi connectivity index (χ4n) is 10.5. The highest BCUT2D eigenvalue weighted by molar-refractivity contribution is 7.25. The van der Waals surface area contributed by atoms with Crippen LogP contribution in [-0.4, -0.2) is 4.57 Å². The molecule has 0 aliphatic rings. The van der Waals surface area contributed by atoms with Crippen LogP contribution >= 0.6 is 11.3 Å². The number of rotatable bonds is 10. The van der Waals surface area contributed by atoms with E-state index >= 15 is 0 Å². The number of aromatic nitrogens is 1. The highest BCUT2D eigenvalue weighted by Gasteiger charge is 2.26. The molecule has 0 saturated carbocycles. The van der Waals surface area contributed by atoms with Crippen molar-refractivity contribution in [3.8, 4) is 5.69 Å². The van der Waals surface area contributed by atoms with Gasteiger partial charge in [0.05, 0.1) is 37.2 Å². The van der Waals surface area contributed by atoms with E-state index < -0.39 is 60.4 Å². The summed E-state index contributed by atoms with van der Waals surface area (Å²) in [6.07, 6.45) is 0. The van der Waals surface area contributed by atoms with E-state index in [9.17, 15) is 0 Å². The van der Waals surface area contributed by atoms with Gasteiger partial charge in [-0.2, -0.15) is 0 Å². The van der Waals surface area contributed by atoms with E-state index in [4.69, 9.17) is 20.3 Å². The average Bonchev–Trinajstić information content (AvgIpc) is 2.27. The summed E-state index contributed by atoms with van der Waals surface area (Å²) in [5.74, 6) is 0. The zero-order valence-electron chi connectivity index (χ0n) is 49.9. The number of hydrogen-bond acceptors (Lipinski definition) is 4. The van der Waals surface area contributed by atoms with E-state index in [0.717, 1.165) is 103 Å². The third kappa shape index (κ3) is 7.70. The van der Waals surface area contributed by atoms with Gasteiger partial charge in [0.25, 0.3) is 0 Å². The summed E-state index contributed by atoms with van der Waals surface area (Å²) in [5.41, 5.74) is 8.11. The van der Waals surface area contributed by atoms with Crippen LogP contribution in [0.1, 0.15) is 13.7 Å². The van der Waals surface area contributed by atoms with Crippen LogP contribution in [0.2, 0.25) is 0 Å². The summed E-state index contributed by atoms with van der Waals surface area (Å²) in [6.45, 7) is 7.99. The van der Waals surface area contributed by atoms with Crippen LogP contribution in [0, 0.1) is 6.57 Å². The van der Waals surface area contributed by atoms with Crippen molar-refractivity contribution in [3.05, 3.63) is 284 Å². The summed E-state index contributed by atoms with van der Waals surface area (Å²) in [6, 6.07) is 66.1. The Bertz CT molecular complexity index is 5010. The first-order valence-corrected chi connectivity index (χ1v) is 25.2. The minimum Gasteiger partial charge on any atom is -0.310 e. The number of thiophene rings is 1. The Kier molecular flexibility index (Phi) is 8.39. The Morgan fingerprint density at radius 1 is 0.360 bits per heavy atom. The molecule has 0 atom stereocenters. The van der Waals surface area contributed by atoms with Gasteiger partial charge in [0, 0.05) is 82.0 Å². The molecule has 0 aliphatic heterocycles. The SMILES string of the molecule is [2H]c1c([2H])c([2H])c(N(c2ccc3c(c2)sc2ccc(N(c4ccc5c6ccc([N+]#[C-])cc6n(-c6ccccc6)c5c4)c4cc5ccccc5cc4N(c4ccccc4)c4ccc5ccccc5c4)cc23)c2c([2H])c([2H])c([2H])c([2H])c2[2H])c([2H])c1[2H]. The summed E-state index contributed by atoms with van der Waals surface area (Å²) < 4.78 is 91.6. The summed E-state index contributed by atoms with van der Waals surface area (Å²) in [7, 11) is 0. The number of hydrogen-bond donors (Lipinski definition) is 0. The van der Waals surface area contributed by atoms with Crippen molar-refractivity contribution in [2.24, 2.45) is 0 Å². The average molecular weight is 986 g/mol. The Morgan fingerprint density at radius 2 is 0.867 bits per heavy atom. The highest BCUT2D eigenvalue weighted by atomic mass is 32.1. The standard InChI is InChI=1S/C69H45N5S/c1-70-51-31-36-60-61-37-33-58(45-65(61)74(64(60)43-51)55-28-12-5-13-29-55)73(57-35-39-68-63(44-57)62-38-34-59(46-69(62)75-68)71(52-22-6-2-7-23-52)53-24-8-3-9-25-53)67-42-50-21-17-16-20-49(50)41-66(67)72(54-26-10-4-11-27-54)56-32-30-47-18-14-15-19-48(47)40-56/h2-46H/i2D,3D,6D,7D,8D,9D,22D,23D,24D,25D. The minimum atomic E-state index is -0.637. The van der Waals surface area contributed by atoms with Gasteiger partial charge in [0.2, 0.25) is 0 Å². The zero-order valence-corrected chi connectivity index (χ0v) is 40.7. The number of anilines is 9.